The summed E-state index contributed by atoms with van der Waals surface area (Å²) < 4.78 is 36.4. The molecule has 8 heteroatoms. The van der Waals surface area contributed by atoms with Gasteiger partial charge in [0.1, 0.15) is 11.5 Å². The average molecular weight is 395 g/mol. The summed E-state index contributed by atoms with van der Waals surface area (Å²) in [5, 5.41) is 4.98. The van der Waals surface area contributed by atoms with Crippen molar-refractivity contribution in [3.8, 4) is 11.5 Å². The van der Waals surface area contributed by atoms with Gasteiger partial charge in [-0.2, -0.15) is 9.52 Å². The van der Waals surface area contributed by atoms with Gasteiger partial charge in [-0.3, -0.25) is 0 Å². The van der Waals surface area contributed by atoms with Crippen LogP contribution in [0.15, 0.2) is 47.6 Å². The highest BCUT2D eigenvalue weighted by molar-refractivity contribution is 7.88. The molecule has 0 radical (unpaired) electrons. The lowest BCUT2D eigenvalue weighted by atomic mass is 9.98. The lowest BCUT2D eigenvalue weighted by Crippen LogP contribution is -2.25. The summed E-state index contributed by atoms with van der Waals surface area (Å²) in [5.41, 5.74) is 2.14. The summed E-state index contributed by atoms with van der Waals surface area (Å²) in [6, 6.07) is 12.0. The van der Waals surface area contributed by atoms with E-state index < -0.39 is 16.1 Å². The summed E-state index contributed by atoms with van der Waals surface area (Å²) in [6.07, 6.45) is 1.56. The lowest BCUT2D eigenvalue weighted by molar-refractivity contribution is 0.375. The molecule has 1 aliphatic rings. The van der Waals surface area contributed by atoms with Gasteiger partial charge in [0.05, 0.1) is 32.2 Å². The van der Waals surface area contributed by atoms with Gasteiger partial charge in [0.25, 0.3) is 0 Å². The third-order valence-electron chi connectivity index (χ3n) is 4.18. The predicted molar refractivity (Wildman–Crippen MR) is 102 cm³/mol. The second kappa shape index (κ2) is 7.17. The standard InChI is InChI=1S/C18H19ClN2O4S/c1-24-14-8-9-18(25-2)15(10-14)16-11-17(21(20-16)26(3,22)23)12-4-6-13(19)7-5-12/h4-10,17H,11H2,1-3H3. The van der Waals surface area contributed by atoms with E-state index in [1.807, 2.05) is 12.1 Å². The van der Waals surface area contributed by atoms with Crippen LogP contribution < -0.4 is 9.47 Å². The molecular formula is C18H19ClN2O4S. The Kier molecular flexibility index (Phi) is 5.11. The second-order valence-corrected chi connectivity index (χ2v) is 8.20. The van der Waals surface area contributed by atoms with Crippen LogP contribution in [0.25, 0.3) is 0 Å². The molecule has 0 saturated carbocycles. The maximum atomic E-state index is 12.3. The molecule has 1 atom stereocenters. The maximum absolute atomic E-state index is 12.3. The van der Waals surface area contributed by atoms with E-state index in [9.17, 15) is 8.42 Å². The van der Waals surface area contributed by atoms with Crippen molar-refractivity contribution in [3.05, 3.63) is 58.6 Å². The highest BCUT2D eigenvalue weighted by Gasteiger charge is 2.35. The van der Waals surface area contributed by atoms with Crippen LogP contribution in [0.5, 0.6) is 11.5 Å². The molecule has 0 N–H and O–H groups in total. The fraction of sp³-hybridized carbons (Fsp3) is 0.278. The predicted octanol–water partition coefficient (Wildman–Crippen LogP) is 3.47. The van der Waals surface area contributed by atoms with E-state index in [1.54, 1.807) is 44.6 Å². The molecule has 0 fully saturated rings. The van der Waals surface area contributed by atoms with Gasteiger partial charge in [0.15, 0.2) is 0 Å². The molecule has 2 aromatic carbocycles. The fourth-order valence-electron chi connectivity index (χ4n) is 2.93. The minimum Gasteiger partial charge on any atom is -0.497 e. The number of methoxy groups -OCH3 is 2. The highest BCUT2D eigenvalue weighted by Crippen LogP contribution is 2.37. The van der Waals surface area contributed by atoms with E-state index in [0.29, 0.717) is 34.2 Å². The molecule has 1 unspecified atom stereocenters. The summed E-state index contributed by atoms with van der Waals surface area (Å²) in [6.45, 7) is 0. The first-order valence-corrected chi connectivity index (χ1v) is 10.1. The molecule has 138 valence electrons. The Morgan fingerprint density at radius 3 is 2.38 bits per heavy atom. The van der Waals surface area contributed by atoms with Crippen LogP contribution >= 0.6 is 11.6 Å². The van der Waals surface area contributed by atoms with Gasteiger partial charge in [-0.15, -0.1) is 0 Å². The lowest BCUT2D eigenvalue weighted by Gasteiger charge is -2.21. The number of rotatable bonds is 5. The smallest absolute Gasteiger partial charge is 0.247 e. The molecule has 0 amide bonds. The number of hydrazone groups is 1. The van der Waals surface area contributed by atoms with Gasteiger partial charge < -0.3 is 9.47 Å². The first-order chi connectivity index (χ1) is 12.3. The Morgan fingerprint density at radius 2 is 1.81 bits per heavy atom. The third kappa shape index (κ3) is 3.64. The van der Waals surface area contributed by atoms with Crippen LogP contribution in [0.2, 0.25) is 5.02 Å². The summed E-state index contributed by atoms with van der Waals surface area (Å²) in [4.78, 5) is 0. The van der Waals surface area contributed by atoms with Crippen molar-refractivity contribution < 1.29 is 17.9 Å². The molecule has 0 spiro atoms. The number of nitrogens with zero attached hydrogens (tertiary/aromatic N) is 2. The van der Waals surface area contributed by atoms with Gasteiger partial charge in [0.2, 0.25) is 10.0 Å². The molecule has 1 heterocycles. The van der Waals surface area contributed by atoms with Gasteiger partial charge in [-0.1, -0.05) is 23.7 Å². The zero-order valence-corrected chi connectivity index (χ0v) is 16.2. The third-order valence-corrected chi connectivity index (χ3v) is 5.45. The Bertz CT molecular complexity index is 942. The molecule has 6 nitrogen and oxygen atoms in total. The van der Waals surface area contributed by atoms with Crippen molar-refractivity contribution in [2.75, 3.05) is 20.5 Å². The second-order valence-electron chi connectivity index (χ2n) is 5.92. The quantitative estimate of drug-likeness (QED) is 0.778. The summed E-state index contributed by atoms with van der Waals surface area (Å²) in [5.74, 6) is 1.25. The topological polar surface area (TPSA) is 68.2 Å². The van der Waals surface area contributed by atoms with Gasteiger partial charge in [-0.05, 0) is 35.9 Å². The summed E-state index contributed by atoms with van der Waals surface area (Å²) in [7, 11) is -0.413. The molecule has 26 heavy (non-hydrogen) atoms. The van der Waals surface area contributed by atoms with E-state index in [0.717, 1.165) is 16.2 Å². The van der Waals surface area contributed by atoms with Gasteiger partial charge >= 0.3 is 0 Å². The number of hydrogen-bond donors (Lipinski definition) is 0. The van der Waals surface area contributed by atoms with E-state index >= 15 is 0 Å². The Balaban J connectivity index is 2.06. The van der Waals surface area contributed by atoms with Crippen LogP contribution in [-0.2, 0) is 10.0 Å². The number of benzene rings is 2. The first-order valence-electron chi connectivity index (χ1n) is 7.88. The minimum absolute atomic E-state index is 0.415. The Labute approximate surface area is 158 Å². The number of ether oxygens (including phenoxy) is 2. The SMILES string of the molecule is COc1ccc(OC)c(C2=NN(S(C)(=O)=O)C(c3ccc(Cl)cc3)C2)c1. The van der Waals surface area contributed by atoms with Crippen LogP contribution in [-0.4, -0.2) is 39.0 Å². The van der Waals surface area contributed by atoms with Crippen molar-refractivity contribution >= 4 is 27.3 Å². The van der Waals surface area contributed by atoms with Crippen molar-refractivity contribution in [1.29, 1.82) is 0 Å². The van der Waals surface area contributed by atoms with E-state index in [2.05, 4.69) is 5.10 Å². The zero-order chi connectivity index (χ0) is 18.9. The number of sulfonamides is 1. The van der Waals surface area contributed by atoms with Gasteiger partial charge in [0, 0.05) is 17.0 Å². The molecule has 0 bridgehead atoms. The Hall–Kier alpha value is -2.25. The minimum atomic E-state index is -3.55. The molecule has 0 aromatic heterocycles. The highest BCUT2D eigenvalue weighted by atomic mass is 35.5. The van der Waals surface area contributed by atoms with Crippen LogP contribution in [0, 0.1) is 0 Å². The molecule has 1 aliphatic heterocycles. The average Bonchev–Trinajstić information content (AvgIpc) is 3.07. The van der Waals surface area contributed by atoms with E-state index in [-0.39, 0.29) is 0 Å². The van der Waals surface area contributed by atoms with Crippen molar-refractivity contribution in [2.24, 2.45) is 5.10 Å². The van der Waals surface area contributed by atoms with Crippen LogP contribution in [0.4, 0.5) is 0 Å². The normalized spacial score (nSPS) is 17.2. The number of halogens is 1. The monoisotopic (exact) mass is 394 g/mol. The zero-order valence-electron chi connectivity index (χ0n) is 14.6. The van der Waals surface area contributed by atoms with Gasteiger partial charge in [-0.25, -0.2) is 8.42 Å². The molecular weight excluding hydrogens is 376 g/mol. The fourth-order valence-corrected chi connectivity index (χ4v) is 3.96. The molecule has 0 aliphatic carbocycles. The van der Waals surface area contributed by atoms with E-state index in [1.165, 1.54) is 0 Å². The maximum Gasteiger partial charge on any atom is 0.247 e. The molecule has 2 aromatic rings. The Morgan fingerprint density at radius 1 is 1.12 bits per heavy atom. The van der Waals surface area contributed by atoms with Crippen LogP contribution in [0.1, 0.15) is 23.6 Å². The number of hydrogen-bond acceptors (Lipinski definition) is 5. The molecule has 3 rings (SSSR count). The van der Waals surface area contributed by atoms with E-state index in [4.69, 9.17) is 21.1 Å². The molecule has 0 saturated heterocycles. The summed E-state index contributed by atoms with van der Waals surface area (Å²) >= 11 is 5.95. The van der Waals surface area contributed by atoms with Crippen LogP contribution in [0.3, 0.4) is 0 Å². The van der Waals surface area contributed by atoms with Crippen molar-refractivity contribution in [2.45, 2.75) is 12.5 Å². The first kappa shape index (κ1) is 18.5. The van der Waals surface area contributed by atoms with Crippen molar-refractivity contribution in [1.82, 2.24) is 4.41 Å². The largest absolute Gasteiger partial charge is 0.497 e. The van der Waals surface area contributed by atoms with Crippen molar-refractivity contribution in [3.63, 3.8) is 0 Å².